The lowest BCUT2D eigenvalue weighted by Crippen LogP contribution is -2.61. The Balaban J connectivity index is 1.94. The fourth-order valence-electron chi connectivity index (χ4n) is 2.89. The molecule has 1 saturated carbocycles. The Hall–Kier alpha value is -0.410. The van der Waals surface area contributed by atoms with Gasteiger partial charge < -0.3 is 4.74 Å². The highest BCUT2D eigenvalue weighted by Gasteiger charge is 2.52. The van der Waals surface area contributed by atoms with Crippen molar-refractivity contribution in [1.82, 2.24) is 4.90 Å². The first-order chi connectivity index (χ1) is 7.05. The molecule has 0 aromatic rings. The second-order valence-electron chi connectivity index (χ2n) is 5.28. The zero-order valence-electron chi connectivity index (χ0n) is 9.95. The number of likely N-dealkylation sites (tertiary alicyclic amines) is 1. The molecule has 2 aliphatic rings. The Morgan fingerprint density at radius 2 is 2.27 bits per heavy atom. The van der Waals surface area contributed by atoms with Crippen LogP contribution in [0.3, 0.4) is 0 Å². The Labute approximate surface area is 91.8 Å². The molecular weight excluding hydrogens is 190 g/mol. The molecule has 86 valence electrons. The highest BCUT2D eigenvalue weighted by Crippen LogP contribution is 2.46. The summed E-state index contributed by atoms with van der Waals surface area (Å²) in [5, 5.41) is 0. The van der Waals surface area contributed by atoms with Crippen molar-refractivity contribution in [3.8, 4) is 0 Å². The standard InChI is InChI=1S/C12H21NO2/c1-4-15-11-7-10(12(11,2)3)13-6-5-9(14)8-13/h10-11H,4-8H2,1-3H3. The molecule has 2 fully saturated rings. The van der Waals surface area contributed by atoms with Crippen molar-refractivity contribution in [1.29, 1.82) is 0 Å². The minimum atomic E-state index is 0.209. The van der Waals surface area contributed by atoms with Crippen LogP contribution < -0.4 is 0 Å². The summed E-state index contributed by atoms with van der Waals surface area (Å²) in [6.45, 7) is 8.95. The molecule has 2 unspecified atom stereocenters. The molecule has 1 aliphatic heterocycles. The average Bonchev–Trinajstić information content (AvgIpc) is 2.58. The van der Waals surface area contributed by atoms with Gasteiger partial charge in [0.1, 0.15) is 5.78 Å². The highest BCUT2D eigenvalue weighted by molar-refractivity contribution is 5.82. The smallest absolute Gasteiger partial charge is 0.148 e. The van der Waals surface area contributed by atoms with E-state index in [-0.39, 0.29) is 5.41 Å². The van der Waals surface area contributed by atoms with Crippen molar-refractivity contribution in [3.05, 3.63) is 0 Å². The normalized spacial score (nSPS) is 35.5. The molecular formula is C12H21NO2. The summed E-state index contributed by atoms with van der Waals surface area (Å²) in [5.41, 5.74) is 0.209. The molecule has 0 aromatic carbocycles. The van der Waals surface area contributed by atoms with E-state index in [0.717, 1.165) is 26.0 Å². The third-order valence-electron chi connectivity index (χ3n) is 3.99. The van der Waals surface area contributed by atoms with Gasteiger partial charge in [0.25, 0.3) is 0 Å². The lowest BCUT2D eigenvalue weighted by molar-refractivity contribution is -0.147. The van der Waals surface area contributed by atoms with E-state index in [1.54, 1.807) is 0 Å². The molecule has 0 aromatic heterocycles. The minimum absolute atomic E-state index is 0.209. The van der Waals surface area contributed by atoms with Crippen LogP contribution in [-0.2, 0) is 9.53 Å². The number of rotatable bonds is 3. The second kappa shape index (κ2) is 3.87. The topological polar surface area (TPSA) is 29.5 Å². The molecule has 0 radical (unpaired) electrons. The van der Waals surface area contributed by atoms with E-state index in [1.807, 2.05) is 6.92 Å². The molecule has 2 rings (SSSR count). The average molecular weight is 211 g/mol. The van der Waals surface area contributed by atoms with Crippen molar-refractivity contribution < 1.29 is 9.53 Å². The summed E-state index contributed by atoms with van der Waals surface area (Å²) in [5.74, 6) is 0.394. The molecule has 1 heterocycles. The third kappa shape index (κ3) is 1.83. The van der Waals surface area contributed by atoms with Gasteiger partial charge in [-0.2, -0.15) is 0 Å². The van der Waals surface area contributed by atoms with Crippen LogP contribution in [0.4, 0.5) is 0 Å². The molecule has 3 heteroatoms. The molecule has 0 bridgehead atoms. The molecule has 1 saturated heterocycles. The minimum Gasteiger partial charge on any atom is -0.378 e. The van der Waals surface area contributed by atoms with Gasteiger partial charge in [0.05, 0.1) is 12.6 Å². The van der Waals surface area contributed by atoms with Gasteiger partial charge in [-0.1, -0.05) is 13.8 Å². The molecule has 0 spiro atoms. The van der Waals surface area contributed by atoms with Crippen molar-refractivity contribution in [2.24, 2.45) is 5.41 Å². The molecule has 3 nitrogen and oxygen atoms in total. The largest absolute Gasteiger partial charge is 0.378 e. The fraction of sp³-hybridized carbons (Fsp3) is 0.917. The van der Waals surface area contributed by atoms with Crippen LogP contribution in [0.1, 0.15) is 33.6 Å². The van der Waals surface area contributed by atoms with Gasteiger partial charge in [-0.3, -0.25) is 9.69 Å². The number of hydrogen-bond donors (Lipinski definition) is 0. The number of ether oxygens (including phenoxy) is 1. The fourth-order valence-corrected chi connectivity index (χ4v) is 2.89. The van der Waals surface area contributed by atoms with E-state index in [1.165, 1.54) is 0 Å². The quantitative estimate of drug-likeness (QED) is 0.708. The third-order valence-corrected chi connectivity index (χ3v) is 3.99. The van der Waals surface area contributed by atoms with Crippen molar-refractivity contribution in [2.45, 2.75) is 45.8 Å². The van der Waals surface area contributed by atoms with Crippen molar-refractivity contribution in [2.75, 3.05) is 19.7 Å². The number of nitrogens with zero attached hydrogens (tertiary/aromatic N) is 1. The van der Waals surface area contributed by atoms with Gasteiger partial charge in [-0.15, -0.1) is 0 Å². The molecule has 2 atom stereocenters. The van der Waals surface area contributed by atoms with E-state index in [0.29, 0.717) is 24.5 Å². The van der Waals surface area contributed by atoms with Crippen LogP contribution in [0.5, 0.6) is 0 Å². The van der Waals surface area contributed by atoms with E-state index in [4.69, 9.17) is 4.74 Å². The van der Waals surface area contributed by atoms with Crippen LogP contribution in [0, 0.1) is 5.41 Å². The number of ketones is 1. The van der Waals surface area contributed by atoms with E-state index in [9.17, 15) is 4.79 Å². The number of carbonyl (C=O) groups excluding carboxylic acids is 1. The number of hydrogen-bond acceptors (Lipinski definition) is 3. The van der Waals surface area contributed by atoms with Gasteiger partial charge in [-0.05, 0) is 13.3 Å². The van der Waals surface area contributed by atoms with Crippen LogP contribution in [0.15, 0.2) is 0 Å². The Bertz CT molecular complexity index is 262. The predicted molar refractivity (Wildman–Crippen MR) is 58.8 cm³/mol. The van der Waals surface area contributed by atoms with E-state index in [2.05, 4.69) is 18.7 Å². The van der Waals surface area contributed by atoms with Gasteiger partial charge in [-0.25, -0.2) is 0 Å². The van der Waals surface area contributed by atoms with Gasteiger partial charge in [0.2, 0.25) is 0 Å². The maximum Gasteiger partial charge on any atom is 0.148 e. The summed E-state index contributed by atoms with van der Waals surface area (Å²) in [6.07, 6.45) is 2.21. The zero-order chi connectivity index (χ0) is 11.1. The number of Topliss-reactive ketones (excluding diaryl/α,β-unsaturated/α-hetero) is 1. The summed E-state index contributed by atoms with van der Waals surface area (Å²) < 4.78 is 5.70. The lowest BCUT2D eigenvalue weighted by atomic mass is 9.64. The summed E-state index contributed by atoms with van der Waals surface area (Å²) in [7, 11) is 0. The van der Waals surface area contributed by atoms with Gasteiger partial charge in [0, 0.05) is 31.0 Å². The summed E-state index contributed by atoms with van der Waals surface area (Å²) in [6, 6.07) is 0.542. The Morgan fingerprint density at radius 3 is 2.73 bits per heavy atom. The molecule has 1 aliphatic carbocycles. The molecule has 0 amide bonds. The summed E-state index contributed by atoms with van der Waals surface area (Å²) >= 11 is 0. The molecule has 15 heavy (non-hydrogen) atoms. The van der Waals surface area contributed by atoms with Gasteiger partial charge in [0.15, 0.2) is 0 Å². The van der Waals surface area contributed by atoms with Gasteiger partial charge >= 0.3 is 0 Å². The molecule has 0 N–H and O–H groups in total. The summed E-state index contributed by atoms with van der Waals surface area (Å²) in [4.78, 5) is 13.6. The lowest BCUT2D eigenvalue weighted by Gasteiger charge is -2.54. The first kappa shape index (κ1) is 11.1. The second-order valence-corrected chi connectivity index (χ2v) is 5.28. The van der Waals surface area contributed by atoms with Crippen LogP contribution in [0.25, 0.3) is 0 Å². The monoisotopic (exact) mass is 211 g/mol. The maximum atomic E-state index is 11.2. The zero-order valence-corrected chi connectivity index (χ0v) is 9.95. The van der Waals surface area contributed by atoms with Crippen LogP contribution in [0.2, 0.25) is 0 Å². The number of carbonyl (C=O) groups is 1. The van der Waals surface area contributed by atoms with Crippen LogP contribution in [-0.4, -0.2) is 42.5 Å². The predicted octanol–water partition coefficient (Wildman–Crippen LogP) is 1.46. The Kier molecular flexibility index (Phi) is 2.86. The first-order valence-electron chi connectivity index (χ1n) is 5.93. The Morgan fingerprint density at radius 1 is 1.53 bits per heavy atom. The SMILES string of the molecule is CCOC1CC(N2CCC(=O)C2)C1(C)C. The van der Waals surface area contributed by atoms with Crippen molar-refractivity contribution >= 4 is 5.78 Å². The highest BCUT2D eigenvalue weighted by atomic mass is 16.5. The first-order valence-corrected chi connectivity index (χ1v) is 5.93. The van der Waals surface area contributed by atoms with E-state index < -0.39 is 0 Å². The maximum absolute atomic E-state index is 11.2. The van der Waals surface area contributed by atoms with Crippen LogP contribution >= 0.6 is 0 Å². The van der Waals surface area contributed by atoms with E-state index >= 15 is 0 Å². The van der Waals surface area contributed by atoms with Crippen molar-refractivity contribution in [3.63, 3.8) is 0 Å².